The number of rotatable bonds is 2. The third-order valence-corrected chi connectivity index (χ3v) is 2.95. The van der Waals surface area contributed by atoms with E-state index in [1.807, 2.05) is 24.3 Å². The SMILES string of the molecule is CC(=O)c1ccccc1N1CCC(=O)CC1. The van der Waals surface area contributed by atoms with Gasteiger partial charge in [-0.1, -0.05) is 12.1 Å². The number of para-hydroxylation sites is 1. The van der Waals surface area contributed by atoms with Crippen molar-refractivity contribution < 1.29 is 9.59 Å². The molecule has 0 bridgehead atoms. The van der Waals surface area contributed by atoms with Crippen LogP contribution in [-0.4, -0.2) is 24.7 Å². The molecule has 1 aromatic rings. The molecule has 0 aromatic heterocycles. The Balaban J connectivity index is 2.26. The van der Waals surface area contributed by atoms with Crippen LogP contribution in [0.25, 0.3) is 0 Å². The van der Waals surface area contributed by atoms with Crippen molar-refractivity contribution >= 4 is 17.3 Å². The van der Waals surface area contributed by atoms with Gasteiger partial charge < -0.3 is 4.90 Å². The Bertz CT molecular complexity index is 416. The predicted octanol–water partition coefficient (Wildman–Crippen LogP) is 2.06. The van der Waals surface area contributed by atoms with Crippen LogP contribution in [0.5, 0.6) is 0 Å². The molecule has 0 radical (unpaired) electrons. The van der Waals surface area contributed by atoms with E-state index in [2.05, 4.69) is 4.90 Å². The zero-order chi connectivity index (χ0) is 11.5. The van der Waals surface area contributed by atoms with Gasteiger partial charge in [-0.3, -0.25) is 9.59 Å². The lowest BCUT2D eigenvalue weighted by atomic mass is 10.0. The van der Waals surface area contributed by atoms with Gasteiger partial charge in [0.2, 0.25) is 0 Å². The second kappa shape index (κ2) is 4.47. The molecule has 1 aromatic carbocycles. The number of piperidine rings is 1. The van der Waals surface area contributed by atoms with Crippen molar-refractivity contribution in [1.29, 1.82) is 0 Å². The smallest absolute Gasteiger partial charge is 0.161 e. The average molecular weight is 217 g/mol. The van der Waals surface area contributed by atoms with Crippen LogP contribution in [0.15, 0.2) is 24.3 Å². The molecule has 0 unspecified atom stereocenters. The molecule has 0 saturated carbocycles. The molecule has 0 atom stereocenters. The van der Waals surface area contributed by atoms with Gasteiger partial charge in [0.25, 0.3) is 0 Å². The van der Waals surface area contributed by atoms with E-state index >= 15 is 0 Å². The van der Waals surface area contributed by atoms with Crippen LogP contribution < -0.4 is 4.90 Å². The normalized spacial score (nSPS) is 16.3. The number of anilines is 1. The number of Topliss-reactive ketones (excluding diaryl/α,β-unsaturated/α-hetero) is 2. The molecule has 0 aliphatic carbocycles. The predicted molar refractivity (Wildman–Crippen MR) is 62.9 cm³/mol. The van der Waals surface area contributed by atoms with Gasteiger partial charge in [0.1, 0.15) is 5.78 Å². The molecular weight excluding hydrogens is 202 g/mol. The molecule has 2 rings (SSSR count). The number of carbonyl (C=O) groups excluding carboxylic acids is 2. The number of benzene rings is 1. The second-order valence-electron chi connectivity index (χ2n) is 4.10. The van der Waals surface area contributed by atoms with Crippen LogP contribution in [0.2, 0.25) is 0 Å². The number of nitrogens with zero attached hydrogens (tertiary/aromatic N) is 1. The molecule has 0 spiro atoms. The maximum atomic E-state index is 11.5. The fourth-order valence-corrected chi connectivity index (χ4v) is 2.04. The number of hydrogen-bond acceptors (Lipinski definition) is 3. The Kier molecular flexibility index (Phi) is 3.04. The van der Waals surface area contributed by atoms with E-state index < -0.39 is 0 Å². The van der Waals surface area contributed by atoms with Crippen LogP contribution in [0.3, 0.4) is 0 Å². The van der Waals surface area contributed by atoms with Crippen LogP contribution in [-0.2, 0) is 4.79 Å². The molecule has 3 nitrogen and oxygen atoms in total. The molecule has 16 heavy (non-hydrogen) atoms. The standard InChI is InChI=1S/C13H15NO2/c1-10(15)12-4-2-3-5-13(12)14-8-6-11(16)7-9-14/h2-5H,6-9H2,1H3. The first-order chi connectivity index (χ1) is 7.68. The Morgan fingerprint density at radius 3 is 2.44 bits per heavy atom. The van der Waals surface area contributed by atoms with Gasteiger partial charge in [-0.05, 0) is 19.1 Å². The zero-order valence-electron chi connectivity index (χ0n) is 9.40. The Morgan fingerprint density at radius 2 is 1.81 bits per heavy atom. The van der Waals surface area contributed by atoms with Crippen molar-refractivity contribution in [3.63, 3.8) is 0 Å². The largest absolute Gasteiger partial charge is 0.370 e. The lowest BCUT2D eigenvalue weighted by molar-refractivity contribution is -0.119. The van der Waals surface area contributed by atoms with Crippen molar-refractivity contribution in [2.45, 2.75) is 19.8 Å². The van der Waals surface area contributed by atoms with Gasteiger partial charge in [-0.15, -0.1) is 0 Å². The first-order valence-electron chi connectivity index (χ1n) is 5.55. The summed E-state index contributed by atoms with van der Waals surface area (Å²) in [6.45, 7) is 3.03. The molecule has 84 valence electrons. The fourth-order valence-electron chi connectivity index (χ4n) is 2.04. The van der Waals surface area contributed by atoms with E-state index in [9.17, 15) is 9.59 Å². The summed E-state index contributed by atoms with van der Waals surface area (Å²) in [4.78, 5) is 24.8. The van der Waals surface area contributed by atoms with E-state index in [0.29, 0.717) is 18.6 Å². The molecule has 1 aliphatic rings. The summed E-state index contributed by atoms with van der Waals surface area (Å²) >= 11 is 0. The minimum atomic E-state index is 0.0764. The lowest BCUT2D eigenvalue weighted by Crippen LogP contribution is -2.34. The molecule has 3 heteroatoms. The molecule has 1 heterocycles. The molecule has 0 amide bonds. The van der Waals surface area contributed by atoms with Crippen molar-refractivity contribution in [2.75, 3.05) is 18.0 Å². The highest BCUT2D eigenvalue weighted by Gasteiger charge is 2.19. The molecule has 1 saturated heterocycles. The van der Waals surface area contributed by atoms with Crippen molar-refractivity contribution in [3.8, 4) is 0 Å². The minimum absolute atomic E-state index is 0.0764. The van der Waals surface area contributed by atoms with E-state index in [4.69, 9.17) is 0 Å². The zero-order valence-corrected chi connectivity index (χ0v) is 9.40. The molecule has 1 fully saturated rings. The van der Waals surface area contributed by atoms with Crippen LogP contribution in [0.4, 0.5) is 5.69 Å². The summed E-state index contributed by atoms with van der Waals surface area (Å²) in [6.07, 6.45) is 1.18. The first kappa shape index (κ1) is 10.9. The summed E-state index contributed by atoms with van der Waals surface area (Å²) in [5.41, 5.74) is 1.71. The van der Waals surface area contributed by atoms with Crippen molar-refractivity contribution in [1.82, 2.24) is 0 Å². The highest BCUT2D eigenvalue weighted by molar-refractivity contribution is 6.00. The quantitative estimate of drug-likeness (QED) is 0.711. The summed E-state index contributed by atoms with van der Waals surface area (Å²) in [6, 6.07) is 7.59. The molecule has 0 N–H and O–H groups in total. The third kappa shape index (κ3) is 2.13. The maximum Gasteiger partial charge on any atom is 0.161 e. The molecular formula is C13H15NO2. The third-order valence-electron chi connectivity index (χ3n) is 2.95. The highest BCUT2D eigenvalue weighted by atomic mass is 16.1. The number of ketones is 2. The maximum absolute atomic E-state index is 11.5. The number of hydrogen-bond donors (Lipinski definition) is 0. The fraction of sp³-hybridized carbons (Fsp3) is 0.385. The molecule has 1 aliphatic heterocycles. The Morgan fingerprint density at radius 1 is 1.19 bits per heavy atom. The highest BCUT2D eigenvalue weighted by Crippen LogP contribution is 2.23. The first-order valence-corrected chi connectivity index (χ1v) is 5.55. The Labute approximate surface area is 95.1 Å². The van der Waals surface area contributed by atoms with Gasteiger partial charge in [0, 0.05) is 37.2 Å². The van der Waals surface area contributed by atoms with Crippen molar-refractivity contribution in [3.05, 3.63) is 29.8 Å². The van der Waals surface area contributed by atoms with Crippen molar-refractivity contribution in [2.24, 2.45) is 0 Å². The van der Waals surface area contributed by atoms with Gasteiger partial charge in [0.05, 0.1) is 0 Å². The van der Waals surface area contributed by atoms with Crippen LogP contribution in [0.1, 0.15) is 30.1 Å². The summed E-state index contributed by atoms with van der Waals surface area (Å²) in [5, 5.41) is 0. The van der Waals surface area contributed by atoms with Gasteiger partial charge in [-0.2, -0.15) is 0 Å². The summed E-state index contributed by atoms with van der Waals surface area (Å²) in [7, 11) is 0. The van der Waals surface area contributed by atoms with Crippen LogP contribution in [0, 0.1) is 0 Å². The second-order valence-corrected chi connectivity index (χ2v) is 4.10. The van der Waals surface area contributed by atoms with Gasteiger partial charge in [0.15, 0.2) is 5.78 Å². The summed E-state index contributed by atoms with van der Waals surface area (Å²) < 4.78 is 0. The van der Waals surface area contributed by atoms with Gasteiger partial charge >= 0.3 is 0 Å². The average Bonchev–Trinajstić information content (AvgIpc) is 2.30. The topological polar surface area (TPSA) is 37.4 Å². The lowest BCUT2D eigenvalue weighted by Gasteiger charge is -2.29. The van der Waals surface area contributed by atoms with E-state index in [1.54, 1.807) is 6.92 Å². The van der Waals surface area contributed by atoms with E-state index in [1.165, 1.54) is 0 Å². The minimum Gasteiger partial charge on any atom is -0.370 e. The van der Waals surface area contributed by atoms with E-state index in [-0.39, 0.29) is 5.78 Å². The summed E-state index contributed by atoms with van der Waals surface area (Å²) in [5.74, 6) is 0.393. The number of carbonyl (C=O) groups is 2. The van der Waals surface area contributed by atoms with Crippen LogP contribution >= 0.6 is 0 Å². The monoisotopic (exact) mass is 217 g/mol. The van der Waals surface area contributed by atoms with Gasteiger partial charge in [-0.25, -0.2) is 0 Å². The van der Waals surface area contributed by atoms with E-state index in [0.717, 1.165) is 24.3 Å². The Hall–Kier alpha value is -1.64.